The van der Waals surface area contributed by atoms with Gasteiger partial charge in [-0.1, -0.05) is 0 Å². The fraction of sp³-hybridized carbons (Fsp3) is 0.571. The quantitative estimate of drug-likeness (QED) is 0.115. The molecule has 0 aliphatic carbocycles. The summed E-state index contributed by atoms with van der Waals surface area (Å²) in [6, 6.07) is 0. The van der Waals surface area contributed by atoms with Crippen LogP contribution in [-0.2, 0) is 25.3 Å². The van der Waals surface area contributed by atoms with Crippen LogP contribution in [0.2, 0.25) is 0 Å². The fourth-order valence-corrected chi connectivity index (χ4v) is 3.14. The van der Waals surface area contributed by atoms with E-state index in [0.717, 1.165) is 0 Å². The molecule has 2 unspecified atom stereocenters. The average Bonchev–Trinajstić information content (AvgIpc) is 2.78. The molecule has 0 saturated heterocycles. The Morgan fingerprint density at radius 1 is 0.395 bits per heavy atom. The van der Waals surface area contributed by atoms with Crippen molar-refractivity contribution >= 4 is 30.8 Å². The molecule has 0 saturated carbocycles. The van der Waals surface area contributed by atoms with Gasteiger partial charge in [0.2, 0.25) is 11.5 Å². The third-order valence-electron chi connectivity index (χ3n) is 4.42. The summed E-state index contributed by atoms with van der Waals surface area (Å²) in [5.41, 5.74) is -17.3. The summed E-state index contributed by atoms with van der Waals surface area (Å²) >= 11 is 0. The van der Waals surface area contributed by atoms with Crippen LogP contribution in [0.5, 0.6) is 0 Å². The van der Waals surface area contributed by atoms with Gasteiger partial charge in [-0.3, -0.25) is 0 Å². The van der Waals surface area contributed by atoms with Crippen molar-refractivity contribution in [3.05, 3.63) is 23.7 Å². The Hall–Kier alpha value is -2.88. The molecule has 0 aromatic rings. The molecule has 0 aromatic heterocycles. The van der Waals surface area contributed by atoms with E-state index in [9.17, 15) is 113 Å². The summed E-state index contributed by atoms with van der Waals surface area (Å²) in [6.45, 7) is 0. The lowest BCUT2D eigenvalue weighted by atomic mass is 9.87. The van der Waals surface area contributed by atoms with Gasteiger partial charge >= 0.3 is 59.5 Å². The van der Waals surface area contributed by atoms with E-state index in [1.54, 1.807) is 0 Å². The number of halogens is 22. The smallest absolute Gasteiger partial charge is 0.435 e. The molecule has 0 N–H and O–H groups in total. The van der Waals surface area contributed by atoms with Crippen molar-refractivity contribution in [3.8, 4) is 0 Å². The largest absolute Gasteiger partial charge is 0.442 e. The second-order valence-electron chi connectivity index (χ2n) is 6.91. The first-order valence-corrected chi connectivity index (χ1v) is 10.8. The molecule has 0 radical (unpaired) electrons. The summed E-state index contributed by atoms with van der Waals surface area (Å²) in [4.78, 5) is 0. The highest BCUT2D eigenvalue weighted by atomic mass is 32.2. The minimum Gasteiger partial charge on any atom is -0.442 e. The van der Waals surface area contributed by atoms with Crippen LogP contribution in [0.4, 0.5) is 96.6 Å². The van der Waals surface area contributed by atoms with E-state index in [2.05, 4.69) is 0 Å². The maximum atomic E-state index is 14.3. The molecule has 0 spiro atoms. The van der Waals surface area contributed by atoms with Gasteiger partial charge in [0.05, 0.1) is 0 Å². The van der Waals surface area contributed by atoms with E-state index >= 15 is 0 Å². The normalized spacial score (nSPS) is 16.4. The monoisotopic (exact) mass is 730 g/mol. The van der Waals surface area contributed by atoms with Gasteiger partial charge in [-0.05, 0) is 0 Å². The van der Waals surface area contributed by atoms with E-state index < -0.39 is 102 Å². The fourth-order valence-electron chi connectivity index (χ4n) is 2.44. The highest BCUT2D eigenvalue weighted by Gasteiger charge is 2.89. The molecule has 29 heteroatoms. The second-order valence-corrected chi connectivity index (χ2v) is 8.56. The van der Waals surface area contributed by atoms with Gasteiger partial charge < -0.3 is 4.74 Å². The summed E-state index contributed by atoms with van der Waals surface area (Å²) in [5.74, 6) is -44.0. The van der Waals surface area contributed by atoms with E-state index in [0.29, 0.717) is 0 Å². The Labute approximate surface area is 221 Å². The van der Waals surface area contributed by atoms with E-state index in [4.69, 9.17) is 0 Å². The molecule has 0 heterocycles. The average molecular weight is 730 g/mol. The predicted octanol–water partition coefficient (Wildman–Crippen LogP) is 6.26. The standard InChI is InChI=1S/C14F22O5S2/c15-3(16)1(7(21,22)11(29,13(31,32)33)9(25,26)5(19)42(37)38)41-2(4(17)18)8(23,24)12(30,14(34,35)36)10(27,28)6(20)43(39)40. The van der Waals surface area contributed by atoms with Crippen molar-refractivity contribution in [2.24, 2.45) is 0 Å². The van der Waals surface area contributed by atoms with Gasteiger partial charge in [-0.25, -0.2) is 8.78 Å². The molecular formula is C14F22O5S2. The van der Waals surface area contributed by atoms with Crippen LogP contribution < -0.4 is 0 Å². The first-order valence-electron chi connectivity index (χ1n) is 8.64. The second kappa shape index (κ2) is 11.6. The van der Waals surface area contributed by atoms with E-state index in [1.807, 2.05) is 4.74 Å². The number of rotatable bonds is 10. The van der Waals surface area contributed by atoms with Crippen LogP contribution in [-0.4, -0.2) is 74.5 Å². The van der Waals surface area contributed by atoms with Gasteiger partial charge in [-0.15, -0.1) is 0 Å². The minimum absolute atomic E-state index is 1.90. The van der Waals surface area contributed by atoms with Crippen LogP contribution in [0.15, 0.2) is 23.7 Å². The molecule has 0 amide bonds. The number of hydrogen-bond donors (Lipinski definition) is 0. The Morgan fingerprint density at radius 2 is 0.605 bits per heavy atom. The number of allylic oxidation sites excluding steroid dienone is 2. The SMILES string of the molecule is O=S(=O)=C(F)C(F)(F)C(F)(C(F)(F)F)C(F)(F)C(OC(=C(F)F)C(F)(F)C(F)(C(F)(F)F)C(F)(F)C(F)=S(=O)=O)=C(F)F. The Bertz CT molecular complexity index is 1330. The van der Waals surface area contributed by atoms with Crippen molar-refractivity contribution in [1.29, 1.82) is 0 Å². The van der Waals surface area contributed by atoms with Crippen LogP contribution in [0.1, 0.15) is 0 Å². The first kappa shape index (κ1) is 40.1. The lowest BCUT2D eigenvalue weighted by molar-refractivity contribution is -0.354. The van der Waals surface area contributed by atoms with Crippen LogP contribution in [0.3, 0.4) is 0 Å². The molecule has 0 aromatic carbocycles. The zero-order valence-corrected chi connectivity index (χ0v) is 19.8. The topological polar surface area (TPSA) is 77.5 Å². The number of alkyl halides is 16. The lowest BCUT2D eigenvalue weighted by Crippen LogP contribution is -2.70. The summed E-state index contributed by atoms with van der Waals surface area (Å²) in [7, 11) is -11.1. The summed E-state index contributed by atoms with van der Waals surface area (Å²) < 4.78 is 339. The molecule has 0 rings (SSSR count). The molecule has 43 heavy (non-hydrogen) atoms. The maximum Gasteiger partial charge on any atom is 0.435 e. The van der Waals surface area contributed by atoms with Crippen LogP contribution in [0, 0.1) is 0 Å². The third-order valence-corrected chi connectivity index (χ3v) is 5.51. The third kappa shape index (κ3) is 5.96. The van der Waals surface area contributed by atoms with Gasteiger partial charge in [0.25, 0.3) is 30.8 Å². The van der Waals surface area contributed by atoms with Gasteiger partial charge in [0, 0.05) is 0 Å². The van der Waals surface area contributed by atoms with E-state index in [-0.39, 0.29) is 0 Å². The molecule has 0 bridgehead atoms. The van der Waals surface area contributed by atoms with Crippen LogP contribution in [0.25, 0.3) is 0 Å². The first-order chi connectivity index (χ1) is 18.6. The van der Waals surface area contributed by atoms with Crippen molar-refractivity contribution < 1.29 is 118 Å². The molecule has 0 fully saturated rings. The van der Waals surface area contributed by atoms with Crippen LogP contribution >= 0.6 is 0 Å². The zero-order chi connectivity index (χ0) is 35.3. The minimum atomic E-state index is -8.64. The van der Waals surface area contributed by atoms with Gasteiger partial charge in [-0.2, -0.15) is 105 Å². The molecule has 252 valence electrons. The summed E-state index contributed by atoms with van der Waals surface area (Å²) in [6.07, 6.45) is -27.3. The maximum absolute atomic E-state index is 14.3. The Morgan fingerprint density at radius 3 is 0.744 bits per heavy atom. The number of ether oxygens (including phenoxy) is 1. The molecule has 2 atom stereocenters. The van der Waals surface area contributed by atoms with E-state index in [1.165, 1.54) is 0 Å². The Kier molecular flexibility index (Phi) is 10.8. The van der Waals surface area contributed by atoms with Crippen molar-refractivity contribution in [3.63, 3.8) is 0 Å². The van der Waals surface area contributed by atoms with Gasteiger partial charge in [0.15, 0.2) is 0 Å². The van der Waals surface area contributed by atoms with Gasteiger partial charge in [0.1, 0.15) is 0 Å². The number of hydrogen-bond acceptors (Lipinski definition) is 5. The molecule has 0 aliphatic heterocycles. The zero-order valence-electron chi connectivity index (χ0n) is 18.2. The predicted molar refractivity (Wildman–Crippen MR) is 89.2 cm³/mol. The van der Waals surface area contributed by atoms with Crippen molar-refractivity contribution in [2.45, 2.75) is 47.4 Å². The van der Waals surface area contributed by atoms with Crippen molar-refractivity contribution in [1.82, 2.24) is 0 Å². The molecule has 5 nitrogen and oxygen atoms in total. The van der Waals surface area contributed by atoms with Crippen molar-refractivity contribution in [2.75, 3.05) is 0 Å². The highest BCUT2D eigenvalue weighted by molar-refractivity contribution is 7.73. The lowest BCUT2D eigenvalue weighted by Gasteiger charge is -2.40. The molecule has 0 aliphatic rings. The molecular weight excluding hydrogens is 730 g/mol. The highest BCUT2D eigenvalue weighted by Crippen LogP contribution is 2.61. The summed E-state index contributed by atoms with van der Waals surface area (Å²) in [5, 5.41) is -9.78. The Balaban J connectivity index is 8.07.